The van der Waals surface area contributed by atoms with Crippen molar-refractivity contribution in [2.45, 2.75) is 17.8 Å². The molecule has 8 nitrogen and oxygen atoms in total. The molecule has 4 aromatic rings. The summed E-state index contributed by atoms with van der Waals surface area (Å²) in [6.07, 6.45) is -7.53. The van der Waals surface area contributed by atoms with E-state index in [9.17, 15) is 19.2 Å². The zero-order valence-corrected chi connectivity index (χ0v) is 32.2. The number of amides is 4. The number of nitrogens with zero attached hydrogens (tertiary/aromatic N) is 2. The Morgan fingerprint density at radius 3 is 0.962 bits per heavy atom. The zero-order chi connectivity index (χ0) is 38.6. The minimum absolute atomic E-state index is 0.0842. The van der Waals surface area contributed by atoms with Crippen molar-refractivity contribution in [3.63, 3.8) is 0 Å². The smallest absolute Gasteiger partial charge is 0.411 e. The number of benzene rings is 4. The lowest BCUT2D eigenvalue weighted by Crippen LogP contribution is -2.54. The molecule has 0 saturated carbocycles. The van der Waals surface area contributed by atoms with Crippen LogP contribution in [0.3, 0.4) is 0 Å². The lowest BCUT2D eigenvalue weighted by atomic mass is 9.73. The molecule has 2 heterocycles. The second-order valence-corrected chi connectivity index (χ2v) is 14.6. The average molecular weight is 994 g/mol. The second-order valence-electron chi connectivity index (χ2n) is 11.2. The van der Waals surface area contributed by atoms with E-state index in [0.717, 1.165) is 34.1 Å². The monoisotopic (exact) mass is 990 g/mol. The SMILES string of the molecule is O=C1C=CC(=O)N1c1ccc(Oc2c(Br)cc(C(c3cc(Br)c(Oc4ccc(N5C(=O)C=CC5=O)cc4)c(Br)c3)(C(F)(F)F)C(F)(F)F)cc2Br)cc1. The minimum Gasteiger partial charge on any atom is -0.455 e. The number of imide groups is 2. The van der Waals surface area contributed by atoms with Crippen LogP contribution in [0.2, 0.25) is 0 Å². The highest BCUT2D eigenvalue weighted by atomic mass is 79.9. The van der Waals surface area contributed by atoms with Crippen molar-refractivity contribution in [2.24, 2.45) is 0 Å². The average Bonchev–Trinajstić information content (AvgIpc) is 3.58. The summed E-state index contributed by atoms with van der Waals surface area (Å²) in [5.41, 5.74) is -6.57. The van der Waals surface area contributed by atoms with Crippen LogP contribution in [-0.2, 0) is 24.6 Å². The summed E-state index contributed by atoms with van der Waals surface area (Å²) in [5.74, 6) is -2.43. The van der Waals surface area contributed by atoms with Gasteiger partial charge in [-0.25, -0.2) is 9.80 Å². The predicted octanol–water partition coefficient (Wildman–Crippen LogP) is 10.6. The van der Waals surface area contributed by atoms with E-state index in [0.29, 0.717) is 24.3 Å². The Kier molecular flexibility index (Phi) is 10.3. The van der Waals surface area contributed by atoms with Crippen molar-refractivity contribution in [1.82, 2.24) is 0 Å². The summed E-state index contributed by atoms with van der Waals surface area (Å²) in [5, 5.41) is 0. The van der Waals surface area contributed by atoms with E-state index in [1.807, 2.05) is 0 Å². The van der Waals surface area contributed by atoms with Gasteiger partial charge in [0.05, 0.1) is 29.3 Å². The fraction of sp³-hybridized carbons (Fsp3) is 0.0857. The van der Waals surface area contributed by atoms with Gasteiger partial charge in [0.15, 0.2) is 11.5 Å². The van der Waals surface area contributed by atoms with E-state index in [1.165, 1.54) is 48.5 Å². The third kappa shape index (κ3) is 6.97. The van der Waals surface area contributed by atoms with Gasteiger partial charge >= 0.3 is 12.4 Å². The van der Waals surface area contributed by atoms with Gasteiger partial charge in [0.1, 0.15) is 11.5 Å². The third-order valence-corrected chi connectivity index (χ3v) is 10.3. The van der Waals surface area contributed by atoms with E-state index in [2.05, 4.69) is 63.7 Å². The van der Waals surface area contributed by atoms with Crippen molar-refractivity contribution < 1.29 is 55.0 Å². The molecule has 0 unspecified atom stereocenters. The largest absolute Gasteiger partial charge is 0.455 e. The first-order valence-corrected chi connectivity index (χ1v) is 17.8. The summed E-state index contributed by atoms with van der Waals surface area (Å²) in [4.78, 5) is 49.7. The first-order chi connectivity index (χ1) is 24.8. The molecule has 4 aromatic carbocycles. The van der Waals surface area contributed by atoms with Crippen molar-refractivity contribution in [3.8, 4) is 23.0 Å². The Hall–Kier alpha value is -4.26. The summed E-state index contributed by atoms with van der Waals surface area (Å²) in [6.45, 7) is 0. The third-order valence-electron chi connectivity index (χ3n) is 7.96. The highest BCUT2D eigenvalue weighted by Crippen LogP contribution is 2.59. The predicted molar refractivity (Wildman–Crippen MR) is 193 cm³/mol. The number of hydrogen-bond donors (Lipinski definition) is 0. The van der Waals surface area contributed by atoms with E-state index in [1.54, 1.807) is 0 Å². The maximum absolute atomic E-state index is 15.1. The fourth-order valence-electron chi connectivity index (χ4n) is 5.60. The molecule has 0 N–H and O–H groups in total. The zero-order valence-electron chi connectivity index (χ0n) is 25.9. The molecule has 272 valence electrons. The van der Waals surface area contributed by atoms with Crippen LogP contribution >= 0.6 is 63.7 Å². The molecule has 0 aromatic heterocycles. The lowest BCUT2D eigenvalue weighted by Gasteiger charge is -2.39. The maximum Gasteiger partial charge on any atom is 0.411 e. The van der Waals surface area contributed by atoms with Crippen LogP contribution in [0.25, 0.3) is 0 Å². The molecule has 0 radical (unpaired) electrons. The van der Waals surface area contributed by atoms with Crippen LogP contribution in [0, 0.1) is 0 Å². The van der Waals surface area contributed by atoms with Crippen LogP contribution in [0.15, 0.2) is 115 Å². The van der Waals surface area contributed by atoms with Crippen LogP contribution < -0.4 is 19.3 Å². The van der Waals surface area contributed by atoms with Crippen molar-refractivity contribution >= 4 is 98.7 Å². The molecular formula is C35H16Br4F6N2O6. The van der Waals surface area contributed by atoms with Crippen LogP contribution in [0.4, 0.5) is 37.7 Å². The van der Waals surface area contributed by atoms with Gasteiger partial charge < -0.3 is 9.47 Å². The number of carbonyl (C=O) groups is 4. The lowest BCUT2D eigenvalue weighted by molar-refractivity contribution is -0.288. The molecule has 4 amide bonds. The Morgan fingerprint density at radius 2 is 0.717 bits per heavy atom. The van der Waals surface area contributed by atoms with Gasteiger partial charge in [-0.3, -0.25) is 19.2 Å². The van der Waals surface area contributed by atoms with Gasteiger partial charge in [0.2, 0.25) is 5.41 Å². The standard InChI is InChI=1S/C35H16Br4F6N2O6/c36-23-13-17(14-24(37)31(23)52-21-5-1-19(2-6-21)46-27(48)9-10-28(46)49)33(34(40,41)42,35(43,44)45)18-15-25(38)32(26(39)16-18)53-22-7-3-20(4-8-22)47-29(50)11-12-30(47)51/h1-16H. The van der Waals surface area contributed by atoms with Crippen molar-refractivity contribution in [3.05, 3.63) is 126 Å². The highest BCUT2D eigenvalue weighted by molar-refractivity contribution is 9.11. The van der Waals surface area contributed by atoms with Gasteiger partial charge in [-0.1, -0.05) is 0 Å². The molecule has 0 bridgehead atoms. The van der Waals surface area contributed by atoms with Crippen LogP contribution in [0.5, 0.6) is 23.0 Å². The van der Waals surface area contributed by atoms with E-state index in [4.69, 9.17) is 9.47 Å². The molecular weight excluding hydrogens is 978 g/mol. The second kappa shape index (κ2) is 14.2. The van der Waals surface area contributed by atoms with Crippen LogP contribution in [0.1, 0.15) is 11.1 Å². The number of anilines is 2. The topological polar surface area (TPSA) is 93.2 Å². The number of ether oxygens (including phenoxy) is 2. The van der Waals surface area contributed by atoms with Gasteiger partial charge in [-0.05, 0) is 148 Å². The molecule has 0 atom stereocenters. The van der Waals surface area contributed by atoms with Crippen LogP contribution in [-0.4, -0.2) is 36.0 Å². The Balaban J connectivity index is 1.34. The first-order valence-electron chi connectivity index (χ1n) is 14.6. The molecule has 0 aliphatic carbocycles. The quantitative estimate of drug-likeness (QED) is 0.129. The number of carbonyl (C=O) groups excluding carboxylic acids is 4. The molecule has 18 heteroatoms. The molecule has 0 fully saturated rings. The molecule has 53 heavy (non-hydrogen) atoms. The normalized spacial score (nSPS) is 14.9. The van der Waals surface area contributed by atoms with Gasteiger partial charge in [-0.2, -0.15) is 26.3 Å². The van der Waals surface area contributed by atoms with Crippen molar-refractivity contribution in [2.75, 3.05) is 9.80 Å². The number of rotatable bonds is 8. The molecule has 6 rings (SSSR count). The van der Waals surface area contributed by atoms with Gasteiger partial charge in [0, 0.05) is 24.3 Å². The molecule has 0 spiro atoms. The summed E-state index contributed by atoms with van der Waals surface area (Å²) < 4.78 is 101. The first kappa shape index (κ1) is 38.5. The molecule has 2 aliphatic rings. The Morgan fingerprint density at radius 1 is 0.453 bits per heavy atom. The van der Waals surface area contributed by atoms with Crippen molar-refractivity contribution in [1.29, 1.82) is 0 Å². The summed E-state index contributed by atoms with van der Waals surface area (Å²) in [7, 11) is 0. The maximum atomic E-state index is 15.1. The Bertz CT molecular complexity index is 2020. The summed E-state index contributed by atoms with van der Waals surface area (Å²) >= 11 is 12.3. The number of hydrogen-bond acceptors (Lipinski definition) is 6. The molecule has 0 saturated heterocycles. The van der Waals surface area contributed by atoms with Gasteiger partial charge in [0.25, 0.3) is 23.6 Å². The highest BCUT2D eigenvalue weighted by Gasteiger charge is 2.73. The summed E-state index contributed by atoms with van der Waals surface area (Å²) in [6, 6.07) is 13.6. The van der Waals surface area contributed by atoms with Gasteiger partial charge in [-0.15, -0.1) is 0 Å². The van der Waals surface area contributed by atoms with E-state index in [-0.39, 0.29) is 52.3 Å². The Labute approximate surface area is 328 Å². The fourth-order valence-corrected chi connectivity index (χ4v) is 8.30. The number of halogens is 10. The number of alkyl halides is 6. The van der Waals surface area contributed by atoms with E-state index >= 15 is 26.3 Å². The minimum atomic E-state index is -5.95. The van der Waals surface area contributed by atoms with E-state index < -0.39 is 52.5 Å². The molecule has 2 aliphatic heterocycles.